The van der Waals surface area contributed by atoms with E-state index in [-0.39, 0.29) is 5.91 Å². The Labute approximate surface area is 117 Å². The molecule has 20 heavy (non-hydrogen) atoms. The Balaban J connectivity index is 1.96. The van der Waals surface area contributed by atoms with Crippen LogP contribution in [0.4, 0.5) is 5.69 Å². The molecular weight excluding hydrogens is 252 g/mol. The number of anilines is 1. The van der Waals surface area contributed by atoms with Crippen LogP contribution in [-0.2, 0) is 0 Å². The zero-order valence-corrected chi connectivity index (χ0v) is 11.2. The minimum Gasteiger partial charge on any atom is -0.398 e. The van der Waals surface area contributed by atoms with Crippen molar-refractivity contribution in [2.45, 2.75) is 18.9 Å². The standard InChI is InChI=1S/C16H18N2O2/c17-15-9-12-5-2-1-4-11(12)8-14(15)16(20)18-7-3-6-13(19)10-18/h1-2,4-5,8-9,13,19H,3,6-7,10,17H2. The van der Waals surface area contributed by atoms with Gasteiger partial charge in [-0.15, -0.1) is 0 Å². The molecule has 0 aliphatic carbocycles. The van der Waals surface area contributed by atoms with E-state index in [4.69, 9.17) is 5.73 Å². The molecule has 3 rings (SSSR count). The van der Waals surface area contributed by atoms with Gasteiger partial charge in [-0.3, -0.25) is 4.79 Å². The summed E-state index contributed by atoms with van der Waals surface area (Å²) in [6.45, 7) is 1.08. The third-order valence-corrected chi connectivity index (χ3v) is 3.83. The van der Waals surface area contributed by atoms with Gasteiger partial charge >= 0.3 is 0 Å². The molecule has 3 N–H and O–H groups in total. The van der Waals surface area contributed by atoms with Gasteiger partial charge in [-0.25, -0.2) is 0 Å². The fraction of sp³-hybridized carbons (Fsp3) is 0.312. The van der Waals surface area contributed by atoms with Crippen molar-refractivity contribution in [2.75, 3.05) is 18.8 Å². The van der Waals surface area contributed by atoms with Gasteiger partial charge in [0.25, 0.3) is 5.91 Å². The van der Waals surface area contributed by atoms with Gasteiger partial charge < -0.3 is 15.7 Å². The SMILES string of the molecule is Nc1cc2ccccc2cc1C(=O)N1CCCC(O)C1. The average Bonchev–Trinajstić information content (AvgIpc) is 2.46. The Morgan fingerprint density at radius 3 is 2.65 bits per heavy atom. The summed E-state index contributed by atoms with van der Waals surface area (Å²) in [5.41, 5.74) is 7.04. The molecule has 1 aliphatic rings. The Morgan fingerprint density at radius 1 is 1.25 bits per heavy atom. The van der Waals surface area contributed by atoms with Gasteiger partial charge in [0.1, 0.15) is 0 Å². The van der Waals surface area contributed by atoms with Crippen LogP contribution in [0.25, 0.3) is 10.8 Å². The predicted molar refractivity (Wildman–Crippen MR) is 79.5 cm³/mol. The van der Waals surface area contributed by atoms with E-state index in [0.29, 0.717) is 24.3 Å². The van der Waals surface area contributed by atoms with Crippen LogP contribution in [0.2, 0.25) is 0 Å². The molecule has 2 aromatic carbocycles. The van der Waals surface area contributed by atoms with E-state index in [1.54, 1.807) is 4.90 Å². The largest absolute Gasteiger partial charge is 0.398 e. The van der Waals surface area contributed by atoms with Crippen LogP contribution in [0, 0.1) is 0 Å². The number of rotatable bonds is 1. The normalized spacial score (nSPS) is 19.2. The summed E-state index contributed by atoms with van der Waals surface area (Å²) in [6, 6.07) is 11.5. The molecule has 1 saturated heterocycles. The lowest BCUT2D eigenvalue weighted by Crippen LogP contribution is -2.42. The number of piperidine rings is 1. The smallest absolute Gasteiger partial charge is 0.256 e. The topological polar surface area (TPSA) is 66.6 Å². The number of nitrogen functional groups attached to an aromatic ring is 1. The second-order valence-corrected chi connectivity index (χ2v) is 5.33. The number of nitrogens with two attached hydrogens (primary N) is 1. The number of amides is 1. The number of fused-ring (bicyclic) bond motifs is 1. The summed E-state index contributed by atoms with van der Waals surface area (Å²) in [7, 11) is 0. The van der Waals surface area contributed by atoms with Gasteiger partial charge in [0, 0.05) is 18.8 Å². The summed E-state index contributed by atoms with van der Waals surface area (Å²) in [4.78, 5) is 14.2. The fourth-order valence-corrected chi connectivity index (χ4v) is 2.75. The number of aliphatic hydroxyl groups excluding tert-OH is 1. The number of likely N-dealkylation sites (tertiary alicyclic amines) is 1. The Bertz CT molecular complexity index is 654. The highest BCUT2D eigenvalue weighted by molar-refractivity contribution is 6.03. The Hall–Kier alpha value is -2.07. The number of benzene rings is 2. The van der Waals surface area contributed by atoms with Gasteiger partial charge in [-0.1, -0.05) is 24.3 Å². The molecular formula is C16H18N2O2. The molecule has 4 heteroatoms. The molecule has 0 saturated carbocycles. The monoisotopic (exact) mass is 270 g/mol. The van der Waals surface area contributed by atoms with E-state index in [2.05, 4.69) is 0 Å². The summed E-state index contributed by atoms with van der Waals surface area (Å²) in [5.74, 6) is -0.0907. The highest BCUT2D eigenvalue weighted by Crippen LogP contribution is 2.24. The molecule has 1 aliphatic heterocycles. The highest BCUT2D eigenvalue weighted by Gasteiger charge is 2.24. The van der Waals surface area contributed by atoms with E-state index in [1.165, 1.54) is 0 Å². The minimum absolute atomic E-state index is 0.0907. The van der Waals surface area contributed by atoms with Gasteiger partial charge in [-0.05, 0) is 35.7 Å². The van der Waals surface area contributed by atoms with Crippen molar-refractivity contribution < 1.29 is 9.90 Å². The molecule has 4 nitrogen and oxygen atoms in total. The summed E-state index contributed by atoms with van der Waals surface area (Å²) in [5, 5.41) is 11.7. The highest BCUT2D eigenvalue weighted by atomic mass is 16.3. The van der Waals surface area contributed by atoms with Crippen LogP contribution < -0.4 is 5.73 Å². The van der Waals surface area contributed by atoms with Gasteiger partial charge in [0.05, 0.1) is 11.7 Å². The number of β-amino-alcohol motifs (C(OH)–C–C–N with tert-alkyl or cyclic N) is 1. The van der Waals surface area contributed by atoms with Crippen molar-refractivity contribution >= 4 is 22.4 Å². The van der Waals surface area contributed by atoms with E-state index >= 15 is 0 Å². The lowest BCUT2D eigenvalue weighted by molar-refractivity contribution is 0.0474. The van der Waals surface area contributed by atoms with Crippen LogP contribution in [-0.4, -0.2) is 35.1 Å². The number of carbonyl (C=O) groups excluding carboxylic acids is 1. The molecule has 104 valence electrons. The molecule has 0 radical (unpaired) electrons. The molecule has 1 atom stereocenters. The quantitative estimate of drug-likeness (QED) is 0.779. The number of nitrogens with zero attached hydrogens (tertiary/aromatic N) is 1. The third-order valence-electron chi connectivity index (χ3n) is 3.83. The average molecular weight is 270 g/mol. The van der Waals surface area contributed by atoms with Crippen molar-refractivity contribution in [3.8, 4) is 0 Å². The molecule has 0 aromatic heterocycles. The van der Waals surface area contributed by atoms with Crippen molar-refractivity contribution in [1.82, 2.24) is 4.90 Å². The van der Waals surface area contributed by atoms with Crippen molar-refractivity contribution in [3.05, 3.63) is 42.0 Å². The molecule has 0 spiro atoms. The number of aliphatic hydroxyl groups is 1. The lowest BCUT2D eigenvalue weighted by atomic mass is 10.0. The molecule has 1 heterocycles. The van der Waals surface area contributed by atoms with Crippen molar-refractivity contribution in [1.29, 1.82) is 0 Å². The first-order chi connectivity index (χ1) is 9.65. The maximum absolute atomic E-state index is 12.5. The van der Waals surface area contributed by atoms with Crippen molar-refractivity contribution in [3.63, 3.8) is 0 Å². The van der Waals surface area contributed by atoms with Crippen LogP contribution in [0.15, 0.2) is 36.4 Å². The molecule has 1 fully saturated rings. The van der Waals surface area contributed by atoms with Gasteiger partial charge in [-0.2, -0.15) is 0 Å². The number of hydrogen-bond acceptors (Lipinski definition) is 3. The number of hydrogen-bond donors (Lipinski definition) is 2. The van der Waals surface area contributed by atoms with E-state index in [1.807, 2.05) is 36.4 Å². The lowest BCUT2D eigenvalue weighted by Gasteiger charge is -2.30. The fourth-order valence-electron chi connectivity index (χ4n) is 2.75. The van der Waals surface area contributed by atoms with Crippen LogP contribution in [0.1, 0.15) is 23.2 Å². The zero-order chi connectivity index (χ0) is 14.1. The van der Waals surface area contributed by atoms with Crippen molar-refractivity contribution in [2.24, 2.45) is 0 Å². The van der Waals surface area contributed by atoms with Crippen LogP contribution in [0.5, 0.6) is 0 Å². The molecule has 1 amide bonds. The molecule has 1 unspecified atom stereocenters. The maximum Gasteiger partial charge on any atom is 0.256 e. The van der Waals surface area contributed by atoms with Gasteiger partial charge in [0.2, 0.25) is 0 Å². The summed E-state index contributed by atoms with van der Waals surface area (Å²) < 4.78 is 0. The third kappa shape index (κ3) is 2.34. The first-order valence-corrected chi connectivity index (χ1v) is 6.91. The first-order valence-electron chi connectivity index (χ1n) is 6.91. The van der Waals surface area contributed by atoms with E-state index in [0.717, 1.165) is 23.6 Å². The second-order valence-electron chi connectivity index (χ2n) is 5.33. The summed E-state index contributed by atoms with van der Waals surface area (Å²) in [6.07, 6.45) is 1.17. The maximum atomic E-state index is 12.5. The van der Waals surface area contributed by atoms with Crippen LogP contribution >= 0.6 is 0 Å². The summed E-state index contributed by atoms with van der Waals surface area (Å²) >= 11 is 0. The van der Waals surface area contributed by atoms with E-state index in [9.17, 15) is 9.90 Å². The molecule has 0 bridgehead atoms. The van der Waals surface area contributed by atoms with Gasteiger partial charge in [0.15, 0.2) is 0 Å². The zero-order valence-electron chi connectivity index (χ0n) is 11.2. The number of carbonyl (C=O) groups is 1. The predicted octanol–water partition coefficient (Wildman–Crippen LogP) is 2.02. The Morgan fingerprint density at radius 2 is 1.95 bits per heavy atom. The van der Waals surface area contributed by atoms with E-state index < -0.39 is 6.10 Å². The second kappa shape index (κ2) is 5.13. The minimum atomic E-state index is -0.422. The first kappa shape index (κ1) is 12.9. The molecule has 2 aromatic rings. The Kier molecular flexibility index (Phi) is 3.32. The van der Waals surface area contributed by atoms with Crippen LogP contribution in [0.3, 0.4) is 0 Å².